The SMILES string of the molecule is CC1CCC(c2csc(Br)c2N)CC1. The van der Waals surface area contributed by atoms with E-state index < -0.39 is 0 Å². The molecule has 1 aromatic heterocycles. The molecule has 0 saturated heterocycles. The lowest BCUT2D eigenvalue weighted by Crippen LogP contribution is -2.11. The second-order valence-electron chi connectivity index (χ2n) is 4.34. The number of anilines is 1. The van der Waals surface area contributed by atoms with E-state index in [1.54, 1.807) is 11.3 Å². The van der Waals surface area contributed by atoms with Gasteiger partial charge in [0, 0.05) is 0 Å². The average molecular weight is 274 g/mol. The quantitative estimate of drug-likeness (QED) is 0.807. The summed E-state index contributed by atoms with van der Waals surface area (Å²) in [7, 11) is 0. The molecule has 1 aromatic rings. The third kappa shape index (κ3) is 1.98. The van der Waals surface area contributed by atoms with Gasteiger partial charge in [-0.05, 0) is 51.6 Å². The zero-order chi connectivity index (χ0) is 10.1. The fourth-order valence-corrected chi connectivity index (χ4v) is 3.55. The molecule has 0 unspecified atom stereocenters. The molecule has 3 heteroatoms. The van der Waals surface area contributed by atoms with Crippen molar-refractivity contribution in [3.8, 4) is 0 Å². The Bertz CT molecular complexity index is 313. The van der Waals surface area contributed by atoms with E-state index in [0.29, 0.717) is 5.92 Å². The summed E-state index contributed by atoms with van der Waals surface area (Å²) < 4.78 is 1.10. The van der Waals surface area contributed by atoms with Gasteiger partial charge in [0.05, 0.1) is 9.47 Å². The molecule has 2 rings (SSSR count). The Hall–Kier alpha value is -0.0200. The second kappa shape index (κ2) is 4.23. The third-order valence-electron chi connectivity index (χ3n) is 3.27. The first-order valence-electron chi connectivity index (χ1n) is 5.21. The Morgan fingerprint density at radius 3 is 2.50 bits per heavy atom. The van der Waals surface area contributed by atoms with Crippen molar-refractivity contribution in [1.82, 2.24) is 0 Å². The summed E-state index contributed by atoms with van der Waals surface area (Å²) in [5.41, 5.74) is 8.40. The van der Waals surface area contributed by atoms with Gasteiger partial charge in [0.1, 0.15) is 0 Å². The first kappa shape index (κ1) is 10.5. The number of thiophene rings is 1. The topological polar surface area (TPSA) is 26.0 Å². The molecule has 1 saturated carbocycles. The summed E-state index contributed by atoms with van der Waals surface area (Å²) >= 11 is 5.21. The number of hydrogen-bond acceptors (Lipinski definition) is 2. The van der Waals surface area contributed by atoms with Gasteiger partial charge in [-0.25, -0.2) is 0 Å². The average Bonchev–Trinajstić information content (AvgIpc) is 2.50. The van der Waals surface area contributed by atoms with E-state index in [1.807, 2.05) is 0 Å². The maximum Gasteiger partial charge on any atom is 0.0930 e. The molecule has 0 aliphatic heterocycles. The number of rotatable bonds is 1. The van der Waals surface area contributed by atoms with E-state index in [1.165, 1.54) is 31.2 Å². The third-order valence-corrected chi connectivity index (χ3v) is 5.05. The summed E-state index contributed by atoms with van der Waals surface area (Å²) in [6.45, 7) is 2.35. The molecular formula is C11H16BrNS. The lowest BCUT2D eigenvalue weighted by Gasteiger charge is -2.26. The molecule has 0 aromatic carbocycles. The first-order chi connectivity index (χ1) is 6.68. The molecule has 0 amide bonds. The minimum Gasteiger partial charge on any atom is -0.397 e. The summed E-state index contributed by atoms with van der Waals surface area (Å²) in [5, 5.41) is 2.22. The molecule has 78 valence electrons. The smallest absolute Gasteiger partial charge is 0.0930 e. The van der Waals surface area contributed by atoms with E-state index in [-0.39, 0.29) is 0 Å². The monoisotopic (exact) mass is 273 g/mol. The van der Waals surface area contributed by atoms with E-state index in [4.69, 9.17) is 5.73 Å². The van der Waals surface area contributed by atoms with E-state index in [2.05, 4.69) is 28.2 Å². The van der Waals surface area contributed by atoms with Crippen molar-refractivity contribution in [2.45, 2.75) is 38.5 Å². The van der Waals surface area contributed by atoms with E-state index >= 15 is 0 Å². The molecule has 2 N–H and O–H groups in total. The van der Waals surface area contributed by atoms with Crippen molar-refractivity contribution >= 4 is 33.0 Å². The molecule has 1 aliphatic carbocycles. The van der Waals surface area contributed by atoms with Gasteiger partial charge in [-0.2, -0.15) is 0 Å². The molecule has 0 atom stereocenters. The predicted octanol–water partition coefficient (Wildman–Crippen LogP) is 4.39. The highest BCUT2D eigenvalue weighted by molar-refractivity contribution is 9.11. The van der Waals surface area contributed by atoms with Crippen LogP contribution < -0.4 is 5.73 Å². The molecule has 1 aliphatic rings. The van der Waals surface area contributed by atoms with Crippen LogP contribution in [0.2, 0.25) is 0 Å². The van der Waals surface area contributed by atoms with Gasteiger partial charge in [-0.3, -0.25) is 0 Å². The Balaban J connectivity index is 2.12. The highest BCUT2D eigenvalue weighted by Gasteiger charge is 2.22. The molecule has 1 fully saturated rings. The summed E-state index contributed by atoms with van der Waals surface area (Å²) in [6.07, 6.45) is 5.35. The fraction of sp³-hybridized carbons (Fsp3) is 0.636. The highest BCUT2D eigenvalue weighted by atomic mass is 79.9. The zero-order valence-electron chi connectivity index (χ0n) is 8.42. The van der Waals surface area contributed by atoms with Gasteiger partial charge in [-0.15, -0.1) is 11.3 Å². The lowest BCUT2D eigenvalue weighted by atomic mass is 9.80. The minimum atomic E-state index is 0.716. The molecular weight excluding hydrogens is 258 g/mol. The highest BCUT2D eigenvalue weighted by Crippen LogP contribution is 2.42. The standard InChI is InChI=1S/C11H16BrNS/c1-7-2-4-8(5-3-7)9-6-14-11(12)10(9)13/h6-8H,2-5,13H2,1H3. The van der Waals surface area contributed by atoms with Crippen molar-refractivity contribution < 1.29 is 0 Å². The molecule has 1 nitrogen and oxygen atoms in total. The zero-order valence-corrected chi connectivity index (χ0v) is 10.8. The van der Waals surface area contributed by atoms with Gasteiger partial charge in [0.15, 0.2) is 0 Å². The number of nitrogen functional groups attached to an aromatic ring is 1. The normalized spacial score (nSPS) is 27.9. The summed E-state index contributed by atoms with van der Waals surface area (Å²) in [6, 6.07) is 0. The van der Waals surface area contributed by atoms with Crippen LogP contribution in [-0.2, 0) is 0 Å². The Morgan fingerprint density at radius 1 is 1.36 bits per heavy atom. The van der Waals surface area contributed by atoms with Crippen LogP contribution in [0.25, 0.3) is 0 Å². The van der Waals surface area contributed by atoms with E-state index in [0.717, 1.165) is 15.4 Å². The van der Waals surface area contributed by atoms with Crippen molar-refractivity contribution in [3.05, 3.63) is 14.7 Å². The largest absolute Gasteiger partial charge is 0.397 e. The van der Waals surface area contributed by atoms with Crippen molar-refractivity contribution in [1.29, 1.82) is 0 Å². The number of hydrogen-bond donors (Lipinski definition) is 1. The van der Waals surface area contributed by atoms with Crippen LogP contribution >= 0.6 is 27.3 Å². The van der Waals surface area contributed by atoms with E-state index in [9.17, 15) is 0 Å². The van der Waals surface area contributed by atoms with Crippen molar-refractivity contribution in [3.63, 3.8) is 0 Å². The number of nitrogens with two attached hydrogens (primary N) is 1. The van der Waals surface area contributed by atoms with Crippen LogP contribution in [0.1, 0.15) is 44.1 Å². The van der Waals surface area contributed by atoms with Gasteiger partial charge >= 0.3 is 0 Å². The second-order valence-corrected chi connectivity index (χ2v) is 6.53. The fourth-order valence-electron chi connectivity index (χ4n) is 2.24. The van der Waals surface area contributed by atoms with Crippen molar-refractivity contribution in [2.24, 2.45) is 5.92 Å². The minimum absolute atomic E-state index is 0.716. The molecule has 14 heavy (non-hydrogen) atoms. The van der Waals surface area contributed by atoms with Crippen LogP contribution in [0.3, 0.4) is 0 Å². The van der Waals surface area contributed by atoms with Gasteiger partial charge < -0.3 is 5.73 Å². The van der Waals surface area contributed by atoms with Crippen LogP contribution in [-0.4, -0.2) is 0 Å². The molecule has 0 spiro atoms. The summed E-state index contributed by atoms with van der Waals surface area (Å²) in [4.78, 5) is 0. The number of halogens is 1. The van der Waals surface area contributed by atoms with Crippen molar-refractivity contribution in [2.75, 3.05) is 5.73 Å². The Labute approximate surface area is 97.8 Å². The first-order valence-corrected chi connectivity index (χ1v) is 6.88. The predicted molar refractivity (Wildman–Crippen MR) is 66.8 cm³/mol. The molecule has 1 heterocycles. The maximum absolute atomic E-state index is 6.03. The van der Waals surface area contributed by atoms with Crippen LogP contribution in [0, 0.1) is 5.92 Å². The van der Waals surface area contributed by atoms with Gasteiger partial charge in [-0.1, -0.05) is 19.8 Å². The summed E-state index contributed by atoms with van der Waals surface area (Å²) in [5.74, 6) is 1.63. The Kier molecular flexibility index (Phi) is 3.17. The molecule has 0 radical (unpaired) electrons. The van der Waals surface area contributed by atoms with Gasteiger partial charge in [0.25, 0.3) is 0 Å². The Morgan fingerprint density at radius 2 is 2.00 bits per heavy atom. The molecule has 0 bridgehead atoms. The van der Waals surface area contributed by atoms with Crippen LogP contribution in [0.4, 0.5) is 5.69 Å². The van der Waals surface area contributed by atoms with Crippen LogP contribution in [0.5, 0.6) is 0 Å². The lowest BCUT2D eigenvalue weighted by molar-refractivity contribution is 0.349. The van der Waals surface area contributed by atoms with Gasteiger partial charge in [0.2, 0.25) is 0 Å². The maximum atomic E-state index is 6.03. The van der Waals surface area contributed by atoms with Crippen LogP contribution in [0.15, 0.2) is 9.17 Å².